The Kier molecular flexibility index (Phi) is 70.2. The van der Waals surface area contributed by atoms with E-state index in [4.69, 9.17) is 0 Å². The number of hydrogen-bond acceptors (Lipinski definition) is 1. The molecular weight excluding hydrogens is 299 g/mol. The van der Waals surface area contributed by atoms with Crippen LogP contribution in [-0.4, -0.2) is 11.5 Å². The quantitative estimate of drug-likeness (QED) is 0.706. The molecule has 0 bridgehead atoms. The third-order valence-electron chi connectivity index (χ3n) is 0.408. The molecule has 0 saturated carbocycles. The van der Waals surface area contributed by atoms with Gasteiger partial charge in [0.25, 0.3) is 0 Å². The Hall–Kier alpha value is 1.04. The van der Waals surface area contributed by atoms with Gasteiger partial charge in [-0.3, -0.25) is 0 Å². The molecule has 0 fully saturated rings. The number of thioether (sulfide) groups is 1. The summed E-state index contributed by atoms with van der Waals surface area (Å²) in [6, 6.07) is 0. The monoisotopic (exact) mass is 315 g/mol. The van der Waals surface area contributed by atoms with Crippen LogP contribution in [0.3, 0.4) is 0 Å². The van der Waals surface area contributed by atoms with E-state index in [1.807, 2.05) is 11.8 Å². The van der Waals surface area contributed by atoms with E-state index in [0.717, 1.165) is 0 Å². The summed E-state index contributed by atoms with van der Waals surface area (Å²) >= 11 is 1.96. The maximum absolute atomic E-state index is 2.17. The number of hydrogen-bond donors (Lipinski definition) is 0. The summed E-state index contributed by atoms with van der Waals surface area (Å²) in [4.78, 5) is 0. The van der Waals surface area contributed by atoms with E-state index in [-0.39, 0.29) is 35.9 Å². The van der Waals surface area contributed by atoms with Gasteiger partial charge >= 0.3 is 21.1 Å². The molecule has 0 amide bonds. The second-order valence-electron chi connectivity index (χ2n) is 0.781. The van der Waals surface area contributed by atoms with Crippen LogP contribution in [0.25, 0.3) is 0 Å². The van der Waals surface area contributed by atoms with Crippen molar-refractivity contribution in [1.29, 1.82) is 0 Å². The molecule has 0 unspecified atom stereocenters. The van der Waals surface area contributed by atoms with E-state index in [1.54, 1.807) is 0 Å². The van der Waals surface area contributed by atoms with Crippen LogP contribution in [0.2, 0.25) is 0 Å². The predicted octanol–water partition coefficient (Wildman–Crippen LogP) is 2.66. The molecule has 0 aromatic rings. The molecule has 2 heteroatoms. The van der Waals surface area contributed by atoms with Gasteiger partial charge in [-0.2, -0.15) is 11.8 Å². The predicted molar refractivity (Wildman–Crippen MR) is 41.5 cm³/mol. The minimum Gasteiger partial charge on any atom is -0.358 e. The summed E-state index contributed by atoms with van der Waals surface area (Å²) in [5, 5.41) is 0. The number of rotatable bonds is 2. The second-order valence-corrected chi connectivity index (χ2v) is 2.34. The maximum Gasteiger partial charge on any atom is 2.00 e. The van der Waals surface area contributed by atoms with Gasteiger partial charge < -0.3 is 14.9 Å². The molecule has 0 N–H and O–H groups in total. The van der Waals surface area contributed by atoms with Crippen LogP contribution >= 0.6 is 11.8 Å². The SMILES string of the molecule is CCSCC.[CH3-].[CH3-].[Pt+2]. The topological polar surface area (TPSA) is 0 Å². The van der Waals surface area contributed by atoms with Gasteiger partial charge in [-0.15, -0.1) is 0 Å². The van der Waals surface area contributed by atoms with Crippen LogP contribution in [0.5, 0.6) is 0 Å². The van der Waals surface area contributed by atoms with Crippen LogP contribution in [-0.2, 0) is 21.1 Å². The summed E-state index contributed by atoms with van der Waals surface area (Å²) in [7, 11) is 0. The summed E-state index contributed by atoms with van der Waals surface area (Å²) in [5.41, 5.74) is 0. The van der Waals surface area contributed by atoms with E-state index >= 15 is 0 Å². The molecule has 0 rings (SSSR count). The third kappa shape index (κ3) is 27.8. The molecule has 0 aromatic carbocycles. The van der Waals surface area contributed by atoms with E-state index in [2.05, 4.69) is 13.8 Å². The van der Waals surface area contributed by atoms with Crippen molar-refractivity contribution < 1.29 is 21.1 Å². The first-order valence-corrected chi connectivity index (χ1v) is 3.15. The van der Waals surface area contributed by atoms with Crippen LogP contribution < -0.4 is 0 Å². The van der Waals surface area contributed by atoms with E-state index in [1.165, 1.54) is 11.5 Å². The molecule has 56 valence electrons. The minimum atomic E-state index is 0. The van der Waals surface area contributed by atoms with Gasteiger partial charge in [0.1, 0.15) is 0 Å². The zero-order valence-electron chi connectivity index (χ0n) is 6.14. The Labute approximate surface area is 73.1 Å². The summed E-state index contributed by atoms with van der Waals surface area (Å²) in [6.45, 7) is 4.35. The molecule has 0 atom stereocenters. The van der Waals surface area contributed by atoms with Gasteiger partial charge in [-0.25, -0.2) is 0 Å². The Morgan fingerprint density at radius 2 is 1.25 bits per heavy atom. The molecule has 0 nitrogen and oxygen atoms in total. The Bertz CT molecular complexity index is 16.0. The zero-order valence-corrected chi connectivity index (χ0v) is 9.23. The van der Waals surface area contributed by atoms with Crippen LogP contribution in [0.1, 0.15) is 13.8 Å². The van der Waals surface area contributed by atoms with E-state index in [9.17, 15) is 0 Å². The van der Waals surface area contributed by atoms with Crippen LogP contribution in [0.15, 0.2) is 0 Å². The first-order chi connectivity index (χ1) is 2.41. The van der Waals surface area contributed by atoms with Gasteiger partial charge in [-0.1, -0.05) is 13.8 Å². The smallest absolute Gasteiger partial charge is 0.358 e. The van der Waals surface area contributed by atoms with Crippen molar-refractivity contribution in [2.45, 2.75) is 13.8 Å². The first kappa shape index (κ1) is 23.0. The first-order valence-electron chi connectivity index (χ1n) is 1.99. The summed E-state index contributed by atoms with van der Waals surface area (Å²) in [6.07, 6.45) is 0. The third-order valence-corrected chi connectivity index (χ3v) is 1.22. The van der Waals surface area contributed by atoms with Crippen molar-refractivity contribution in [3.63, 3.8) is 0 Å². The largest absolute Gasteiger partial charge is 2.00 e. The Balaban J connectivity index is -0.0000000267. The van der Waals surface area contributed by atoms with Crippen molar-refractivity contribution in [3.8, 4) is 0 Å². The van der Waals surface area contributed by atoms with Gasteiger partial charge in [0.15, 0.2) is 0 Å². The molecule has 0 aliphatic rings. The minimum absolute atomic E-state index is 0. The average Bonchev–Trinajstić information content (AvgIpc) is 1.41. The van der Waals surface area contributed by atoms with Gasteiger partial charge in [0, 0.05) is 0 Å². The van der Waals surface area contributed by atoms with Crippen molar-refractivity contribution >= 4 is 11.8 Å². The van der Waals surface area contributed by atoms with Gasteiger partial charge in [-0.05, 0) is 11.5 Å². The van der Waals surface area contributed by atoms with Crippen LogP contribution in [0.4, 0.5) is 0 Å². The standard InChI is InChI=1S/C4H10S.2CH3.Pt/c1-3-5-4-2;;;/h3-4H2,1-2H3;2*1H3;/q;2*-1;+2. The Morgan fingerprint density at radius 3 is 1.25 bits per heavy atom. The van der Waals surface area contributed by atoms with Crippen molar-refractivity contribution in [1.82, 2.24) is 0 Å². The van der Waals surface area contributed by atoms with Crippen molar-refractivity contribution in [2.75, 3.05) is 11.5 Å². The fraction of sp³-hybridized carbons (Fsp3) is 0.667. The Morgan fingerprint density at radius 1 is 1.00 bits per heavy atom. The zero-order chi connectivity index (χ0) is 4.12. The molecule has 0 aliphatic carbocycles. The molecule has 0 saturated heterocycles. The van der Waals surface area contributed by atoms with Crippen LogP contribution in [0, 0.1) is 14.9 Å². The molecule has 0 aliphatic heterocycles. The average molecular weight is 315 g/mol. The molecule has 0 aromatic heterocycles. The van der Waals surface area contributed by atoms with Crippen molar-refractivity contribution in [3.05, 3.63) is 14.9 Å². The molecule has 0 spiro atoms. The molecule has 0 heterocycles. The normalized spacial score (nSPS) is 5.25. The summed E-state index contributed by atoms with van der Waals surface area (Å²) in [5.74, 6) is 2.52. The van der Waals surface area contributed by atoms with Crippen molar-refractivity contribution in [2.24, 2.45) is 0 Å². The van der Waals surface area contributed by atoms with Gasteiger partial charge in [0.05, 0.1) is 0 Å². The molecule has 0 radical (unpaired) electrons. The summed E-state index contributed by atoms with van der Waals surface area (Å²) < 4.78 is 0. The fourth-order valence-corrected chi connectivity index (χ4v) is 0.612. The molecular formula is C6H16PtS. The maximum atomic E-state index is 2.17. The second kappa shape index (κ2) is 24.4. The fourth-order valence-electron chi connectivity index (χ4n) is 0.204. The molecule has 8 heavy (non-hydrogen) atoms. The van der Waals surface area contributed by atoms with E-state index in [0.29, 0.717) is 0 Å². The van der Waals surface area contributed by atoms with E-state index < -0.39 is 0 Å². The van der Waals surface area contributed by atoms with Gasteiger partial charge in [0.2, 0.25) is 0 Å².